The third-order valence-corrected chi connectivity index (χ3v) is 2.64. The summed E-state index contributed by atoms with van der Waals surface area (Å²) in [5.41, 5.74) is 0. The molecule has 0 spiro atoms. The molecule has 1 aliphatic heterocycles. The van der Waals surface area contributed by atoms with Crippen LogP contribution in [0.25, 0.3) is 0 Å². The maximum absolute atomic E-state index is 5.28. The number of hydrogen-bond donors (Lipinski definition) is 0. The molecule has 76 valence electrons. The summed E-state index contributed by atoms with van der Waals surface area (Å²) in [6, 6.07) is 0. The van der Waals surface area contributed by atoms with E-state index < -0.39 is 0 Å². The van der Waals surface area contributed by atoms with Crippen molar-refractivity contribution in [2.45, 2.75) is 38.4 Å². The fraction of sp³-hybridized carbons (Fsp3) is 0.900. The van der Waals surface area contributed by atoms with E-state index in [1.165, 1.54) is 0 Å². The molecule has 0 saturated carbocycles. The summed E-state index contributed by atoms with van der Waals surface area (Å²) < 4.78 is 9.92. The molecule has 0 atom stereocenters. The SMILES string of the molecule is CC(C)(C)S/N=C/C1CCOCC1. The Bertz CT molecular complexity index is 168. The summed E-state index contributed by atoms with van der Waals surface area (Å²) >= 11 is 1.66. The second kappa shape index (κ2) is 5.01. The molecule has 0 aromatic carbocycles. The summed E-state index contributed by atoms with van der Waals surface area (Å²) in [7, 11) is 0. The van der Waals surface area contributed by atoms with Gasteiger partial charge in [-0.2, -0.15) is 0 Å². The van der Waals surface area contributed by atoms with Crippen molar-refractivity contribution in [2.75, 3.05) is 13.2 Å². The Labute approximate surface area is 85.3 Å². The van der Waals surface area contributed by atoms with Crippen molar-refractivity contribution in [3.63, 3.8) is 0 Å². The molecule has 1 aliphatic rings. The maximum atomic E-state index is 5.28. The molecule has 1 saturated heterocycles. The molecular formula is C10H19NOS. The molecule has 2 nitrogen and oxygen atoms in total. The number of hydrogen-bond acceptors (Lipinski definition) is 3. The smallest absolute Gasteiger partial charge is 0.0472 e. The second-order valence-electron chi connectivity index (χ2n) is 4.41. The Morgan fingerprint density at radius 1 is 1.31 bits per heavy atom. The minimum atomic E-state index is 0.238. The molecule has 13 heavy (non-hydrogen) atoms. The molecule has 0 aliphatic carbocycles. The Hall–Kier alpha value is -0.0200. The van der Waals surface area contributed by atoms with E-state index in [0.29, 0.717) is 5.92 Å². The fourth-order valence-electron chi connectivity index (χ4n) is 1.14. The van der Waals surface area contributed by atoms with Crippen LogP contribution in [-0.4, -0.2) is 24.2 Å². The molecule has 0 amide bonds. The van der Waals surface area contributed by atoms with E-state index in [1.807, 2.05) is 0 Å². The molecule has 1 heterocycles. The van der Waals surface area contributed by atoms with Crippen LogP contribution in [0, 0.1) is 5.92 Å². The highest BCUT2D eigenvalue weighted by molar-refractivity contribution is 7.99. The normalized spacial score (nSPS) is 21.2. The van der Waals surface area contributed by atoms with Crippen molar-refractivity contribution in [2.24, 2.45) is 10.3 Å². The van der Waals surface area contributed by atoms with Crippen molar-refractivity contribution in [1.82, 2.24) is 0 Å². The van der Waals surface area contributed by atoms with Gasteiger partial charge in [-0.25, -0.2) is 4.40 Å². The molecule has 0 N–H and O–H groups in total. The fourth-order valence-corrected chi connectivity index (χ4v) is 1.69. The summed E-state index contributed by atoms with van der Waals surface area (Å²) in [6.45, 7) is 8.34. The predicted octanol–water partition coefficient (Wildman–Crippen LogP) is 2.93. The molecule has 0 aromatic heterocycles. The van der Waals surface area contributed by atoms with Crippen LogP contribution in [-0.2, 0) is 4.74 Å². The zero-order chi connectivity index (χ0) is 9.73. The van der Waals surface area contributed by atoms with Gasteiger partial charge >= 0.3 is 0 Å². The largest absolute Gasteiger partial charge is 0.381 e. The average Bonchev–Trinajstić information content (AvgIpc) is 2.04. The van der Waals surface area contributed by atoms with Crippen molar-refractivity contribution in [3.05, 3.63) is 0 Å². The Morgan fingerprint density at radius 3 is 2.46 bits per heavy atom. The number of rotatable bonds is 2. The minimum absolute atomic E-state index is 0.238. The first-order valence-electron chi connectivity index (χ1n) is 4.87. The summed E-state index contributed by atoms with van der Waals surface area (Å²) in [4.78, 5) is 0. The van der Waals surface area contributed by atoms with Gasteiger partial charge in [0.2, 0.25) is 0 Å². The van der Waals surface area contributed by atoms with Gasteiger partial charge in [0.05, 0.1) is 0 Å². The molecule has 1 fully saturated rings. The van der Waals surface area contributed by atoms with Gasteiger partial charge in [0, 0.05) is 24.2 Å². The third kappa shape index (κ3) is 5.32. The molecule has 0 bridgehead atoms. The highest BCUT2D eigenvalue weighted by Gasteiger charge is 2.13. The quantitative estimate of drug-likeness (QED) is 0.506. The molecule has 3 heteroatoms. The van der Waals surface area contributed by atoms with Gasteiger partial charge in [-0.15, -0.1) is 0 Å². The Kier molecular flexibility index (Phi) is 4.26. The third-order valence-electron chi connectivity index (χ3n) is 1.86. The van der Waals surface area contributed by atoms with Crippen LogP contribution in [0.3, 0.4) is 0 Å². The summed E-state index contributed by atoms with van der Waals surface area (Å²) in [6.07, 6.45) is 4.36. The van der Waals surface area contributed by atoms with Gasteiger partial charge in [-0.1, -0.05) is 0 Å². The highest BCUT2D eigenvalue weighted by Crippen LogP contribution is 2.24. The zero-order valence-electron chi connectivity index (χ0n) is 8.75. The monoisotopic (exact) mass is 201 g/mol. The van der Waals surface area contributed by atoms with Gasteiger partial charge in [0.15, 0.2) is 0 Å². The molecule has 0 radical (unpaired) electrons. The van der Waals surface area contributed by atoms with E-state index in [0.717, 1.165) is 26.1 Å². The van der Waals surface area contributed by atoms with Crippen LogP contribution >= 0.6 is 11.9 Å². The van der Waals surface area contributed by atoms with Crippen molar-refractivity contribution in [3.8, 4) is 0 Å². The van der Waals surface area contributed by atoms with Crippen LogP contribution < -0.4 is 0 Å². The molecule has 1 rings (SSSR count). The first-order chi connectivity index (χ1) is 6.08. The van der Waals surface area contributed by atoms with Gasteiger partial charge in [0.1, 0.15) is 0 Å². The van der Waals surface area contributed by atoms with Crippen LogP contribution in [0.1, 0.15) is 33.6 Å². The lowest BCUT2D eigenvalue weighted by atomic mass is 10.0. The predicted molar refractivity (Wildman–Crippen MR) is 59.4 cm³/mol. The molecule has 0 unspecified atom stereocenters. The minimum Gasteiger partial charge on any atom is -0.381 e. The summed E-state index contributed by atoms with van der Waals surface area (Å²) in [5.74, 6) is 0.642. The maximum Gasteiger partial charge on any atom is 0.0472 e. The average molecular weight is 201 g/mol. The number of nitrogens with zero attached hydrogens (tertiary/aromatic N) is 1. The lowest BCUT2D eigenvalue weighted by Crippen LogP contribution is -2.16. The summed E-state index contributed by atoms with van der Waals surface area (Å²) in [5, 5.41) is 0. The van der Waals surface area contributed by atoms with Gasteiger partial charge in [-0.3, -0.25) is 0 Å². The van der Waals surface area contributed by atoms with Crippen LogP contribution in [0.4, 0.5) is 0 Å². The van der Waals surface area contributed by atoms with Crippen LogP contribution in [0.2, 0.25) is 0 Å². The van der Waals surface area contributed by atoms with Crippen LogP contribution in [0.5, 0.6) is 0 Å². The van der Waals surface area contributed by atoms with E-state index >= 15 is 0 Å². The Balaban J connectivity index is 2.22. The first kappa shape index (κ1) is 11.1. The van der Waals surface area contributed by atoms with Gasteiger partial charge in [-0.05, 0) is 51.5 Å². The second-order valence-corrected chi connectivity index (χ2v) is 6.03. The lowest BCUT2D eigenvalue weighted by molar-refractivity contribution is 0.0839. The Morgan fingerprint density at radius 2 is 1.92 bits per heavy atom. The molecular weight excluding hydrogens is 182 g/mol. The highest BCUT2D eigenvalue weighted by atomic mass is 32.2. The van der Waals surface area contributed by atoms with Crippen molar-refractivity contribution in [1.29, 1.82) is 0 Å². The standard InChI is InChI=1S/C10H19NOS/c1-10(2,3)13-11-8-9-4-6-12-7-5-9/h8-9H,4-7H2,1-3H3/b11-8+. The van der Waals surface area contributed by atoms with Crippen molar-refractivity contribution < 1.29 is 4.74 Å². The van der Waals surface area contributed by atoms with E-state index in [4.69, 9.17) is 4.74 Å². The lowest BCUT2D eigenvalue weighted by Gasteiger charge is -2.18. The van der Waals surface area contributed by atoms with E-state index in [1.54, 1.807) is 11.9 Å². The first-order valence-corrected chi connectivity index (χ1v) is 5.65. The van der Waals surface area contributed by atoms with Gasteiger partial charge < -0.3 is 4.74 Å². The van der Waals surface area contributed by atoms with E-state index in [9.17, 15) is 0 Å². The van der Waals surface area contributed by atoms with E-state index in [-0.39, 0.29) is 4.75 Å². The van der Waals surface area contributed by atoms with Gasteiger partial charge in [0.25, 0.3) is 0 Å². The number of ether oxygens (including phenoxy) is 1. The topological polar surface area (TPSA) is 21.6 Å². The van der Waals surface area contributed by atoms with Crippen LogP contribution in [0.15, 0.2) is 4.40 Å². The van der Waals surface area contributed by atoms with Crippen molar-refractivity contribution >= 4 is 18.2 Å². The molecule has 0 aromatic rings. The van der Waals surface area contributed by atoms with E-state index in [2.05, 4.69) is 31.4 Å². The zero-order valence-corrected chi connectivity index (χ0v) is 9.56.